The van der Waals surface area contributed by atoms with Crippen LogP contribution in [0.1, 0.15) is 25.3 Å². The van der Waals surface area contributed by atoms with Gasteiger partial charge in [-0.25, -0.2) is 4.79 Å². The molecule has 0 aliphatic carbocycles. The Balaban J connectivity index is 2.49. The Labute approximate surface area is 101 Å². The van der Waals surface area contributed by atoms with Crippen molar-refractivity contribution in [1.29, 1.82) is 5.41 Å². The normalized spacial score (nSPS) is 11.2. The number of carboxylic acids is 1. The lowest BCUT2D eigenvalue weighted by Gasteiger charge is -2.02. The van der Waals surface area contributed by atoms with Crippen LogP contribution in [0, 0.1) is 5.41 Å². The van der Waals surface area contributed by atoms with Gasteiger partial charge >= 0.3 is 5.97 Å². The van der Waals surface area contributed by atoms with E-state index in [0.717, 1.165) is 18.4 Å². The molecule has 0 aliphatic heterocycles. The van der Waals surface area contributed by atoms with Gasteiger partial charge < -0.3 is 10.5 Å². The Morgan fingerprint density at radius 1 is 1.59 bits per heavy atom. The minimum absolute atomic E-state index is 0.267. The molecule has 90 valence electrons. The van der Waals surface area contributed by atoms with Crippen molar-refractivity contribution in [1.82, 2.24) is 4.98 Å². The van der Waals surface area contributed by atoms with Gasteiger partial charge in [-0.1, -0.05) is 6.07 Å². The molecule has 0 saturated heterocycles. The SMILES string of the molecule is CC(=N)/C=C(\CCCc1cccnc1)C(=O)O. The Kier molecular flexibility index (Phi) is 5.07. The number of pyridine rings is 1. The zero-order valence-corrected chi connectivity index (χ0v) is 9.81. The van der Waals surface area contributed by atoms with Gasteiger partial charge in [-0.05, 0) is 43.9 Å². The maximum Gasteiger partial charge on any atom is 0.331 e. The quantitative estimate of drug-likeness (QED) is 0.584. The van der Waals surface area contributed by atoms with Crippen LogP contribution >= 0.6 is 0 Å². The highest BCUT2D eigenvalue weighted by Crippen LogP contribution is 2.10. The second kappa shape index (κ2) is 6.58. The Morgan fingerprint density at radius 2 is 2.35 bits per heavy atom. The Morgan fingerprint density at radius 3 is 2.88 bits per heavy atom. The molecule has 0 aliphatic rings. The zero-order valence-electron chi connectivity index (χ0n) is 9.81. The molecule has 1 rings (SSSR count). The molecular formula is C13H16N2O2. The average Bonchev–Trinajstić information content (AvgIpc) is 2.28. The van der Waals surface area contributed by atoms with E-state index in [-0.39, 0.29) is 5.71 Å². The van der Waals surface area contributed by atoms with Gasteiger partial charge in [-0.3, -0.25) is 4.98 Å². The van der Waals surface area contributed by atoms with Gasteiger partial charge in [0.15, 0.2) is 0 Å². The summed E-state index contributed by atoms with van der Waals surface area (Å²) < 4.78 is 0. The fourth-order valence-corrected chi connectivity index (χ4v) is 1.53. The second-order valence-corrected chi connectivity index (χ2v) is 3.87. The largest absolute Gasteiger partial charge is 0.478 e. The van der Waals surface area contributed by atoms with E-state index in [2.05, 4.69) is 4.98 Å². The predicted molar refractivity (Wildman–Crippen MR) is 66.3 cm³/mol. The molecule has 0 radical (unpaired) electrons. The van der Waals surface area contributed by atoms with Crippen LogP contribution in [0.2, 0.25) is 0 Å². The van der Waals surface area contributed by atoms with Crippen LogP contribution in [0.4, 0.5) is 0 Å². The van der Waals surface area contributed by atoms with E-state index in [1.165, 1.54) is 6.08 Å². The van der Waals surface area contributed by atoms with Gasteiger partial charge in [-0.15, -0.1) is 0 Å². The predicted octanol–water partition coefficient (Wildman–Crippen LogP) is 2.45. The van der Waals surface area contributed by atoms with Gasteiger partial charge in [0.25, 0.3) is 0 Å². The summed E-state index contributed by atoms with van der Waals surface area (Å²) in [6.45, 7) is 1.57. The summed E-state index contributed by atoms with van der Waals surface area (Å²) in [5, 5.41) is 16.2. The monoisotopic (exact) mass is 232 g/mol. The molecule has 0 amide bonds. The fourth-order valence-electron chi connectivity index (χ4n) is 1.53. The molecule has 0 aromatic carbocycles. The van der Waals surface area contributed by atoms with E-state index in [1.54, 1.807) is 19.3 Å². The first-order valence-corrected chi connectivity index (χ1v) is 5.47. The lowest BCUT2D eigenvalue weighted by Crippen LogP contribution is -2.03. The van der Waals surface area contributed by atoms with Gasteiger partial charge in [0.1, 0.15) is 0 Å². The van der Waals surface area contributed by atoms with Crippen LogP contribution < -0.4 is 0 Å². The number of aryl methyl sites for hydroxylation is 1. The minimum Gasteiger partial charge on any atom is -0.478 e. The summed E-state index contributed by atoms with van der Waals surface area (Å²) in [6, 6.07) is 3.84. The molecule has 0 saturated carbocycles. The molecule has 1 aromatic heterocycles. The van der Waals surface area contributed by atoms with Crippen molar-refractivity contribution in [3.05, 3.63) is 41.7 Å². The lowest BCUT2D eigenvalue weighted by molar-refractivity contribution is -0.132. The van der Waals surface area contributed by atoms with Gasteiger partial charge in [0, 0.05) is 23.7 Å². The summed E-state index contributed by atoms with van der Waals surface area (Å²) in [7, 11) is 0. The Bertz CT molecular complexity index is 424. The average molecular weight is 232 g/mol. The summed E-state index contributed by atoms with van der Waals surface area (Å²) in [4.78, 5) is 14.9. The van der Waals surface area contributed by atoms with E-state index in [1.807, 2.05) is 12.1 Å². The topological polar surface area (TPSA) is 74.0 Å². The molecule has 4 heteroatoms. The number of carboxylic acid groups (broad SMARTS) is 1. The molecule has 0 atom stereocenters. The third-order valence-corrected chi connectivity index (χ3v) is 2.30. The van der Waals surface area contributed by atoms with Crippen molar-refractivity contribution >= 4 is 11.7 Å². The van der Waals surface area contributed by atoms with E-state index in [0.29, 0.717) is 12.0 Å². The molecule has 4 nitrogen and oxygen atoms in total. The molecule has 2 N–H and O–H groups in total. The van der Waals surface area contributed by atoms with Crippen molar-refractivity contribution in [3.8, 4) is 0 Å². The highest BCUT2D eigenvalue weighted by Gasteiger charge is 2.07. The molecule has 0 spiro atoms. The van der Waals surface area contributed by atoms with Crippen LogP contribution in [0.25, 0.3) is 0 Å². The fraction of sp³-hybridized carbons (Fsp3) is 0.308. The molecule has 17 heavy (non-hydrogen) atoms. The number of hydrogen-bond acceptors (Lipinski definition) is 3. The van der Waals surface area contributed by atoms with Gasteiger partial charge in [-0.2, -0.15) is 0 Å². The number of nitrogens with one attached hydrogen (secondary N) is 1. The number of rotatable bonds is 6. The number of hydrogen-bond donors (Lipinski definition) is 2. The maximum absolute atomic E-state index is 10.9. The number of allylic oxidation sites excluding steroid dienone is 1. The van der Waals surface area contributed by atoms with Crippen molar-refractivity contribution < 1.29 is 9.90 Å². The van der Waals surface area contributed by atoms with Gasteiger partial charge in [0.05, 0.1) is 0 Å². The van der Waals surface area contributed by atoms with Crippen molar-refractivity contribution in [2.75, 3.05) is 0 Å². The number of aliphatic carboxylic acids is 1. The van der Waals surface area contributed by atoms with Crippen LogP contribution in [0.15, 0.2) is 36.2 Å². The maximum atomic E-state index is 10.9. The first-order valence-electron chi connectivity index (χ1n) is 5.47. The molecule has 0 unspecified atom stereocenters. The zero-order chi connectivity index (χ0) is 12.7. The first-order chi connectivity index (χ1) is 8.09. The smallest absolute Gasteiger partial charge is 0.331 e. The van der Waals surface area contributed by atoms with Gasteiger partial charge in [0.2, 0.25) is 0 Å². The molecule has 1 heterocycles. The van der Waals surface area contributed by atoms with Crippen molar-refractivity contribution in [3.63, 3.8) is 0 Å². The third-order valence-electron chi connectivity index (χ3n) is 2.30. The van der Waals surface area contributed by atoms with E-state index < -0.39 is 5.97 Å². The molecule has 0 bridgehead atoms. The minimum atomic E-state index is -0.942. The lowest BCUT2D eigenvalue weighted by atomic mass is 10.0. The molecular weight excluding hydrogens is 216 g/mol. The van der Waals surface area contributed by atoms with Crippen LogP contribution in [0.5, 0.6) is 0 Å². The van der Waals surface area contributed by atoms with Crippen molar-refractivity contribution in [2.24, 2.45) is 0 Å². The Hall–Kier alpha value is -1.97. The molecule has 1 aromatic rings. The second-order valence-electron chi connectivity index (χ2n) is 3.87. The van der Waals surface area contributed by atoms with Crippen LogP contribution in [-0.4, -0.2) is 21.8 Å². The summed E-state index contributed by atoms with van der Waals surface area (Å²) in [5.41, 5.74) is 1.66. The van der Waals surface area contributed by atoms with Crippen LogP contribution in [0.3, 0.4) is 0 Å². The standard InChI is InChI=1S/C13H16N2O2/c1-10(14)8-12(13(16)17)6-2-4-11-5-3-7-15-9-11/h3,5,7-9,14H,2,4,6H2,1H3,(H,16,17)/b12-8+,14-10?. The van der Waals surface area contributed by atoms with E-state index >= 15 is 0 Å². The van der Waals surface area contributed by atoms with Crippen LogP contribution in [-0.2, 0) is 11.2 Å². The summed E-state index contributed by atoms with van der Waals surface area (Å²) in [5.74, 6) is -0.942. The summed E-state index contributed by atoms with van der Waals surface area (Å²) >= 11 is 0. The molecule has 0 fully saturated rings. The first kappa shape index (κ1) is 13.1. The summed E-state index contributed by atoms with van der Waals surface area (Å²) in [6.07, 6.45) is 6.93. The number of aromatic nitrogens is 1. The highest BCUT2D eigenvalue weighted by atomic mass is 16.4. The van der Waals surface area contributed by atoms with Crippen molar-refractivity contribution in [2.45, 2.75) is 26.2 Å². The number of nitrogens with zero attached hydrogens (tertiary/aromatic N) is 1. The van der Waals surface area contributed by atoms with E-state index in [9.17, 15) is 4.79 Å². The third kappa shape index (κ3) is 5.06. The number of carbonyl (C=O) groups is 1. The van der Waals surface area contributed by atoms with E-state index in [4.69, 9.17) is 10.5 Å². The highest BCUT2D eigenvalue weighted by molar-refractivity contribution is 5.98.